The number of rotatable bonds is 2. The maximum atomic E-state index is 6.05. The minimum absolute atomic E-state index is 0.379. The van der Waals surface area contributed by atoms with Gasteiger partial charge in [-0.25, -0.2) is 0 Å². The summed E-state index contributed by atoms with van der Waals surface area (Å²) >= 11 is 0. The molecule has 0 aromatic heterocycles. The van der Waals surface area contributed by atoms with E-state index in [9.17, 15) is 0 Å². The van der Waals surface area contributed by atoms with Crippen LogP contribution in [0.1, 0.15) is 38.7 Å². The molecule has 94 valence electrons. The van der Waals surface area contributed by atoms with Crippen molar-refractivity contribution >= 4 is 5.69 Å². The molecule has 0 amide bonds. The zero-order chi connectivity index (χ0) is 12.4. The smallest absolute Gasteiger partial charge is 0.120 e. The quantitative estimate of drug-likeness (QED) is 0.789. The highest BCUT2D eigenvalue weighted by molar-refractivity contribution is 5.49. The van der Waals surface area contributed by atoms with Crippen molar-refractivity contribution in [3.8, 4) is 5.75 Å². The first kappa shape index (κ1) is 12.3. The third kappa shape index (κ3) is 2.93. The summed E-state index contributed by atoms with van der Waals surface area (Å²) in [5.74, 6) is 2.56. The Hall–Kier alpha value is -1.18. The topological polar surface area (TPSA) is 35.2 Å². The minimum atomic E-state index is 0.379. The Labute approximate surface area is 104 Å². The van der Waals surface area contributed by atoms with Crippen LogP contribution in [0.15, 0.2) is 18.2 Å². The van der Waals surface area contributed by atoms with Crippen molar-refractivity contribution in [1.29, 1.82) is 0 Å². The van der Waals surface area contributed by atoms with Crippen molar-refractivity contribution in [2.45, 2.75) is 46.1 Å². The van der Waals surface area contributed by atoms with Crippen LogP contribution >= 0.6 is 0 Å². The number of benzene rings is 1. The second kappa shape index (κ2) is 4.99. The number of nitrogens with two attached hydrogens (primary N) is 1. The fraction of sp³-hybridized carbons (Fsp3) is 0.600. The molecule has 2 N–H and O–H groups in total. The third-order valence-electron chi connectivity index (χ3n) is 4.09. The summed E-state index contributed by atoms with van der Waals surface area (Å²) in [6.45, 7) is 6.69. The molecule has 1 fully saturated rings. The molecule has 0 heterocycles. The molecular weight excluding hydrogens is 210 g/mol. The van der Waals surface area contributed by atoms with E-state index in [0.29, 0.717) is 6.10 Å². The Kier molecular flexibility index (Phi) is 3.60. The van der Waals surface area contributed by atoms with Gasteiger partial charge in [0.25, 0.3) is 0 Å². The Balaban J connectivity index is 1.99. The van der Waals surface area contributed by atoms with Crippen LogP contribution < -0.4 is 10.5 Å². The van der Waals surface area contributed by atoms with E-state index >= 15 is 0 Å². The zero-order valence-corrected chi connectivity index (χ0v) is 11.1. The third-order valence-corrected chi connectivity index (χ3v) is 4.09. The average molecular weight is 233 g/mol. The van der Waals surface area contributed by atoms with Crippen LogP contribution in [0, 0.1) is 18.8 Å². The minimum Gasteiger partial charge on any atom is -0.490 e. The van der Waals surface area contributed by atoms with Gasteiger partial charge < -0.3 is 10.5 Å². The van der Waals surface area contributed by atoms with Crippen molar-refractivity contribution in [2.75, 3.05) is 5.73 Å². The predicted molar refractivity (Wildman–Crippen MR) is 72.2 cm³/mol. The summed E-state index contributed by atoms with van der Waals surface area (Å²) in [5.41, 5.74) is 7.74. The molecule has 2 rings (SSSR count). The standard InChI is InChI=1S/C15H23NO/c1-10-4-5-13(8-11(10)2)17-14-6-7-15(16)12(3)9-14/h6-7,9-11,13H,4-5,8,16H2,1-3H3. The summed E-state index contributed by atoms with van der Waals surface area (Å²) in [6, 6.07) is 5.95. The van der Waals surface area contributed by atoms with E-state index in [1.165, 1.54) is 19.3 Å². The van der Waals surface area contributed by atoms with E-state index < -0.39 is 0 Å². The summed E-state index contributed by atoms with van der Waals surface area (Å²) < 4.78 is 6.05. The van der Waals surface area contributed by atoms with Crippen LogP contribution in [-0.4, -0.2) is 6.10 Å². The fourth-order valence-electron chi connectivity index (χ4n) is 2.52. The molecule has 0 spiro atoms. The van der Waals surface area contributed by atoms with Crippen LogP contribution in [0.4, 0.5) is 5.69 Å². The van der Waals surface area contributed by atoms with Crippen LogP contribution in [0.25, 0.3) is 0 Å². The van der Waals surface area contributed by atoms with Crippen molar-refractivity contribution < 1.29 is 4.74 Å². The maximum Gasteiger partial charge on any atom is 0.120 e. The van der Waals surface area contributed by atoms with E-state index in [2.05, 4.69) is 13.8 Å². The number of aryl methyl sites for hydroxylation is 1. The van der Waals surface area contributed by atoms with Crippen molar-refractivity contribution in [3.63, 3.8) is 0 Å². The summed E-state index contributed by atoms with van der Waals surface area (Å²) in [7, 11) is 0. The van der Waals surface area contributed by atoms with Gasteiger partial charge in [0, 0.05) is 5.69 Å². The van der Waals surface area contributed by atoms with Gasteiger partial charge in [-0.1, -0.05) is 13.8 Å². The number of hydrogen-bond donors (Lipinski definition) is 1. The molecule has 1 aliphatic rings. The maximum absolute atomic E-state index is 6.05. The van der Waals surface area contributed by atoms with Gasteiger partial charge in [0.05, 0.1) is 6.10 Å². The van der Waals surface area contributed by atoms with Crippen LogP contribution in [0.2, 0.25) is 0 Å². The number of nitrogen functional groups attached to an aromatic ring is 1. The molecule has 1 aliphatic carbocycles. The fourth-order valence-corrected chi connectivity index (χ4v) is 2.52. The highest BCUT2D eigenvalue weighted by Crippen LogP contribution is 2.32. The molecule has 2 nitrogen and oxygen atoms in total. The average Bonchev–Trinajstić information content (AvgIpc) is 2.29. The SMILES string of the molecule is Cc1cc(OC2CCC(C)C(C)C2)ccc1N. The van der Waals surface area contributed by atoms with Crippen molar-refractivity contribution in [1.82, 2.24) is 0 Å². The number of ether oxygens (including phenoxy) is 1. The molecule has 3 atom stereocenters. The molecule has 0 saturated heterocycles. The molecule has 0 aliphatic heterocycles. The van der Waals surface area contributed by atoms with Crippen LogP contribution in [0.3, 0.4) is 0 Å². The van der Waals surface area contributed by atoms with Gasteiger partial charge >= 0.3 is 0 Å². The molecular formula is C15H23NO. The van der Waals surface area contributed by atoms with Gasteiger partial charge in [0.2, 0.25) is 0 Å². The number of anilines is 1. The van der Waals surface area contributed by atoms with Gasteiger partial charge in [0.1, 0.15) is 5.75 Å². The molecule has 0 bridgehead atoms. The first-order valence-electron chi connectivity index (χ1n) is 6.59. The van der Waals surface area contributed by atoms with E-state index in [0.717, 1.165) is 28.8 Å². The zero-order valence-electron chi connectivity index (χ0n) is 11.1. The van der Waals surface area contributed by atoms with Gasteiger partial charge in [-0.2, -0.15) is 0 Å². The number of hydrogen-bond acceptors (Lipinski definition) is 2. The normalized spacial score (nSPS) is 29.0. The van der Waals surface area contributed by atoms with Crippen LogP contribution in [-0.2, 0) is 0 Å². The van der Waals surface area contributed by atoms with E-state index in [1.54, 1.807) is 0 Å². The molecule has 3 unspecified atom stereocenters. The lowest BCUT2D eigenvalue weighted by Crippen LogP contribution is -2.28. The van der Waals surface area contributed by atoms with Crippen LogP contribution in [0.5, 0.6) is 5.75 Å². The lowest BCUT2D eigenvalue weighted by molar-refractivity contribution is 0.101. The van der Waals surface area contributed by atoms with Gasteiger partial charge in [-0.3, -0.25) is 0 Å². The lowest BCUT2D eigenvalue weighted by Gasteiger charge is -2.32. The molecule has 0 radical (unpaired) electrons. The monoisotopic (exact) mass is 233 g/mol. The second-order valence-corrected chi connectivity index (χ2v) is 5.53. The van der Waals surface area contributed by atoms with Gasteiger partial charge in [0.15, 0.2) is 0 Å². The van der Waals surface area contributed by atoms with Gasteiger partial charge in [-0.15, -0.1) is 0 Å². The Morgan fingerprint density at radius 2 is 1.94 bits per heavy atom. The highest BCUT2D eigenvalue weighted by atomic mass is 16.5. The highest BCUT2D eigenvalue weighted by Gasteiger charge is 2.25. The second-order valence-electron chi connectivity index (χ2n) is 5.53. The Morgan fingerprint density at radius 1 is 1.18 bits per heavy atom. The molecule has 1 aromatic carbocycles. The molecule has 2 heteroatoms. The molecule has 1 saturated carbocycles. The molecule has 17 heavy (non-hydrogen) atoms. The molecule has 1 aromatic rings. The lowest BCUT2D eigenvalue weighted by atomic mass is 9.80. The summed E-state index contributed by atoms with van der Waals surface area (Å²) in [5, 5.41) is 0. The largest absolute Gasteiger partial charge is 0.490 e. The summed E-state index contributed by atoms with van der Waals surface area (Å²) in [4.78, 5) is 0. The van der Waals surface area contributed by atoms with Crippen molar-refractivity contribution in [2.24, 2.45) is 11.8 Å². The Morgan fingerprint density at radius 3 is 2.59 bits per heavy atom. The van der Waals surface area contributed by atoms with Gasteiger partial charge in [-0.05, 0) is 61.8 Å². The van der Waals surface area contributed by atoms with E-state index in [-0.39, 0.29) is 0 Å². The van der Waals surface area contributed by atoms with E-state index in [4.69, 9.17) is 10.5 Å². The van der Waals surface area contributed by atoms with E-state index in [1.807, 2.05) is 25.1 Å². The van der Waals surface area contributed by atoms with Crippen molar-refractivity contribution in [3.05, 3.63) is 23.8 Å². The first-order chi connectivity index (χ1) is 8.06. The predicted octanol–water partition coefficient (Wildman–Crippen LogP) is 3.78. The first-order valence-corrected chi connectivity index (χ1v) is 6.59. The Bertz CT molecular complexity index is 389. The summed E-state index contributed by atoms with van der Waals surface area (Å²) in [6.07, 6.45) is 4.00.